The number of hydrogen-bond acceptors (Lipinski definition) is 15. The molecule has 0 fully saturated rings. The molecule has 19 heteroatoms. The van der Waals surface area contributed by atoms with Crippen molar-refractivity contribution in [3.63, 3.8) is 0 Å². The van der Waals surface area contributed by atoms with Crippen molar-refractivity contribution in [2.24, 2.45) is 0 Å². The SMILES string of the molecule is CC/C=C\C/C=C\C/C=C\C/C=C\C/C=C\CCCCCC(=O)OCC(COP(=O)(O)OCC(O)COP(=O)(O)OCC(COC(=O)CCC/C=C\C/C=C\C/C=C\C/C=C\C/C=C\CC)OC(=O)CCC/C=C\C/C=C\C/C=C\C/C=C\C/C=C\CC)OC(=O)CCCCCCCCC/C=C\C/C=C\C/C=C\CC. The van der Waals surface area contributed by atoms with Gasteiger partial charge in [0, 0.05) is 25.7 Å². The first-order valence-electron chi connectivity index (χ1n) is 41.0. The number of esters is 4. The molecule has 0 aliphatic rings. The molecule has 0 heterocycles. The topological polar surface area (TPSA) is 237 Å². The number of rotatable bonds is 74. The molecule has 0 rings (SSSR count). The number of unbranched alkanes of at least 4 members (excludes halogenated alkanes) is 12. The zero-order valence-electron chi connectivity index (χ0n) is 67.6. The van der Waals surface area contributed by atoms with E-state index in [1.54, 1.807) is 0 Å². The van der Waals surface area contributed by atoms with E-state index in [0.717, 1.165) is 180 Å². The zero-order chi connectivity index (χ0) is 80.3. The van der Waals surface area contributed by atoms with E-state index in [-0.39, 0.29) is 25.7 Å². The molecule has 0 amide bonds. The molecule has 17 nitrogen and oxygen atoms in total. The number of hydrogen-bond donors (Lipinski definition) is 3. The van der Waals surface area contributed by atoms with Crippen LogP contribution in [0.25, 0.3) is 0 Å². The smallest absolute Gasteiger partial charge is 0.462 e. The van der Waals surface area contributed by atoms with Gasteiger partial charge in [0.15, 0.2) is 12.2 Å². The van der Waals surface area contributed by atoms with Gasteiger partial charge in [-0.1, -0.05) is 285 Å². The fraction of sp³-hybridized carbons (Fsp3) is 0.560. The van der Waals surface area contributed by atoms with Crippen molar-refractivity contribution in [3.8, 4) is 0 Å². The Hall–Kier alpha value is -6.62. The van der Waals surface area contributed by atoms with E-state index in [1.165, 1.54) is 0 Å². The summed E-state index contributed by atoms with van der Waals surface area (Å²) >= 11 is 0. The van der Waals surface area contributed by atoms with Crippen LogP contribution in [0.5, 0.6) is 0 Å². The average Bonchev–Trinajstić information content (AvgIpc) is 0.906. The standard InChI is InChI=1S/C91H142O17P2/c1-5-9-13-17-21-25-29-33-37-41-42-46-48-52-56-60-64-68-72-76-89(94)102-82-87(108-91(96)78-74-70-66-62-58-54-50-45-40-36-32-28-24-20-16-12-8-4)84-106-110(99,100)104-80-85(92)79-103-109(97,98)105-83-86(107-90(95)77-73-69-65-61-57-53-49-44-39-35-31-27-23-19-15-11-7-3)81-101-88(93)75-71-67-63-59-55-51-47-43-38-34-30-26-22-18-14-10-6-2/h9-16,21-28,33-40,42,46-47,49,51-53,56,59,61,63,65,85-87,92H,5-8,17-20,29-32,41,43-45,48,50,54-55,57-58,60,62,64,66-84H2,1-4H3,(H,97,98)(H,99,100)/b13-9-,14-10-,15-11-,16-12-,25-21-,26-22-,27-23-,28-24-,37-33-,38-34-,39-35-,40-36-,46-42-,51-47-,53-49-,56-52-,63-59-,65-61-. The average molecular weight is 1570 g/mol. The van der Waals surface area contributed by atoms with Gasteiger partial charge in [-0.15, -0.1) is 0 Å². The van der Waals surface area contributed by atoms with Crippen LogP contribution in [0.3, 0.4) is 0 Å². The minimum Gasteiger partial charge on any atom is -0.462 e. The minimum atomic E-state index is -5.02. The Labute approximate surface area is 664 Å². The highest BCUT2D eigenvalue weighted by Crippen LogP contribution is 2.45. The molecule has 0 saturated heterocycles. The Kier molecular flexibility index (Phi) is 75.6. The lowest BCUT2D eigenvalue weighted by Gasteiger charge is -2.21. The van der Waals surface area contributed by atoms with E-state index < -0.39 is 97.5 Å². The molecule has 110 heavy (non-hydrogen) atoms. The maximum atomic E-state index is 13.1. The van der Waals surface area contributed by atoms with E-state index >= 15 is 0 Å². The number of carbonyl (C=O) groups excluding carboxylic acids is 4. The zero-order valence-corrected chi connectivity index (χ0v) is 69.4. The van der Waals surface area contributed by atoms with Crippen LogP contribution in [0.15, 0.2) is 219 Å². The van der Waals surface area contributed by atoms with Crippen LogP contribution in [0.4, 0.5) is 0 Å². The van der Waals surface area contributed by atoms with Crippen LogP contribution < -0.4 is 0 Å². The molecule has 3 N–H and O–H groups in total. The second kappa shape index (κ2) is 80.4. The molecule has 618 valence electrons. The van der Waals surface area contributed by atoms with E-state index in [9.17, 15) is 43.2 Å². The maximum Gasteiger partial charge on any atom is 0.472 e. The number of allylic oxidation sites excluding steroid dienone is 36. The Morgan fingerprint density at radius 3 is 0.736 bits per heavy atom. The first-order chi connectivity index (χ1) is 53.7. The van der Waals surface area contributed by atoms with Crippen molar-refractivity contribution in [1.82, 2.24) is 0 Å². The molecule has 0 aliphatic carbocycles. The third-order valence-corrected chi connectivity index (χ3v) is 17.8. The van der Waals surface area contributed by atoms with Gasteiger partial charge in [-0.3, -0.25) is 37.3 Å². The van der Waals surface area contributed by atoms with Crippen molar-refractivity contribution in [2.75, 3.05) is 39.6 Å². The molecule has 0 aromatic carbocycles. The van der Waals surface area contributed by atoms with Gasteiger partial charge in [0.2, 0.25) is 0 Å². The normalized spacial score (nSPS) is 14.9. The Morgan fingerprint density at radius 2 is 0.455 bits per heavy atom. The number of aliphatic hydroxyl groups excluding tert-OH is 1. The summed E-state index contributed by atoms with van der Waals surface area (Å²) in [6.45, 7) is 4.21. The summed E-state index contributed by atoms with van der Waals surface area (Å²) in [5.41, 5.74) is 0. The molecule has 0 aliphatic heterocycles. The quantitative estimate of drug-likeness (QED) is 0.0169. The summed E-state index contributed by atoms with van der Waals surface area (Å²) in [6, 6.07) is 0. The first kappa shape index (κ1) is 103. The summed E-state index contributed by atoms with van der Waals surface area (Å²) in [5.74, 6) is -2.38. The van der Waals surface area contributed by atoms with Gasteiger partial charge >= 0.3 is 39.5 Å². The number of phosphoric acid groups is 2. The molecule has 5 unspecified atom stereocenters. The molecule has 0 bridgehead atoms. The van der Waals surface area contributed by atoms with Crippen LogP contribution in [0.2, 0.25) is 0 Å². The molecular weight excluding hydrogens is 1430 g/mol. The van der Waals surface area contributed by atoms with Crippen molar-refractivity contribution in [2.45, 2.75) is 290 Å². The van der Waals surface area contributed by atoms with Crippen LogP contribution in [0, 0.1) is 0 Å². The molecule has 0 saturated carbocycles. The largest absolute Gasteiger partial charge is 0.472 e. The molecule has 0 radical (unpaired) electrons. The Bertz CT molecular complexity index is 2950. The molecule has 0 aromatic rings. The van der Waals surface area contributed by atoms with Crippen LogP contribution in [-0.2, 0) is 65.4 Å². The molecule has 0 aromatic heterocycles. The summed E-state index contributed by atoms with van der Waals surface area (Å²) in [6.07, 6.45) is 102. The Balaban J connectivity index is 5.55. The maximum absolute atomic E-state index is 13.1. The van der Waals surface area contributed by atoms with Crippen LogP contribution >= 0.6 is 15.6 Å². The second-order valence-corrected chi connectivity index (χ2v) is 29.1. The lowest BCUT2D eigenvalue weighted by Crippen LogP contribution is -2.30. The highest BCUT2D eigenvalue weighted by atomic mass is 31.2. The van der Waals surface area contributed by atoms with Gasteiger partial charge in [-0.25, -0.2) is 9.13 Å². The number of ether oxygens (including phenoxy) is 4. The van der Waals surface area contributed by atoms with E-state index in [2.05, 4.69) is 222 Å². The van der Waals surface area contributed by atoms with Crippen LogP contribution in [0.1, 0.15) is 272 Å². The monoisotopic (exact) mass is 1570 g/mol. The van der Waals surface area contributed by atoms with Gasteiger partial charge in [0.1, 0.15) is 19.3 Å². The minimum absolute atomic E-state index is 0.00595. The lowest BCUT2D eigenvalue weighted by atomic mass is 10.1. The Morgan fingerprint density at radius 1 is 0.255 bits per heavy atom. The predicted molar refractivity (Wildman–Crippen MR) is 454 cm³/mol. The van der Waals surface area contributed by atoms with Crippen molar-refractivity contribution >= 4 is 39.5 Å². The van der Waals surface area contributed by atoms with Crippen molar-refractivity contribution in [3.05, 3.63) is 219 Å². The number of aliphatic hydroxyl groups is 1. The summed E-state index contributed by atoms with van der Waals surface area (Å²) in [7, 11) is -10.0. The highest BCUT2D eigenvalue weighted by molar-refractivity contribution is 7.47. The van der Waals surface area contributed by atoms with Gasteiger partial charge in [-0.05, 0) is 180 Å². The molecule has 5 atom stereocenters. The van der Waals surface area contributed by atoms with Gasteiger partial charge < -0.3 is 33.8 Å². The fourth-order valence-electron chi connectivity index (χ4n) is 9.86. The third kappa shape index (κ3) is 79.5. The molecule has 0 spiro atoms. The van der Waals surface area contributed by atoms with Crippen LogP contribution in [-0.4, -0.2) is 96.7 Å². The second-order valence-electron chi connectivity index (χ2n) is 26.2. The number of phosphoric ester groups is 2. The predicted octanol–water partition coefficient (Wildman–Crippen LogP) is 24.4. The summed E-state index contributed by atoms with van der Waals surface area (Å²) < 4.78 is 68.6. The van der Waals surface area contributed by atoms with Gasteiger partial charge in [0.25, 0.3) is 0 Å². The van der Waals surface area contributed by atoms with Crippen molar-refractivity contribution in [1.29, 1.82) is 0 Å². The molecular formula is C91H142O17P2. The van der Waals surface area contributed by atoms with E-state index in [0.29, 0.717) is 38.5 Å². The lowest BCUT2D eigenvalue weighted by molar-refractivity contribution is -0.161. The number of carbonyl (C=O) groups is 4. The summed E-state index contributed by atoms with van der Waals surface area (Å²) in [5, 5.41) is 10.7. The highest BCUT2D eigenvalue weighted by Gasteiger charge is 2.30. The fourth-order valence-corrected chi connectivity index (χ4v) is 11.4. The first-order valence-corrected chi connectivity index (χ1v) is 44.0. The third-order valence-electron chi connectivity index (χ3n) is 15.9. The van der Waals surface area contributed by atoms with Gasteiger partial charge in [-0.2, -0.15) is 0 Å². The van der Waals surface area contributed by atoms with E-state index in [4.69, 9.17) is 37.0 Å². The van der Waals surface area contributed by atoms with Gasteiger partial charge in [0.05, 0.1) is 26.4 Å². The summed E-state index contributed by atoms with van der Waals surface area (Å²) in [4.78, 5) is 73.2. The van der Waals surface area contributed by atoms with E-state index in [1.807, 2.05) is 24.3 Å². The van der Waals surface area contributed by atoms with Crippen molar-refractivity contribution < 1.29 is 80.2 Å².